The molecule has 2 N–H and O–H groups in total. The van der Waals surface area contributed by atoms with Crippen molar-refractivity contribution in [2.24, 2.45) is 5.73 Å². The van der Waals surface area contributed by atoms with E-state index in [4.69, 9.17) is 5.73 Å². The van der Waals surface area contributed by atoms with Crippen molar-refractivity contribution < 1.29 is 0 Å². The van der Waals surface area contributed by atoms with Crippen LogP contribution in [-0.2, 0) is 0 Å². The molecule has 0 aromatic carbocycles. The summed E-state index contributed by atoms with van der Waals surface area (Å²) in [6.07, 6.45) is 5.36. The zero-order valence-corrected chi connectivity index (χ0v) is 10.5. The van der Waals surface area contributed by atoms with Crippen LogP contribution in [0.3, 0.4) is 0 Å². The van der Waals surface area contributed by atoms with Crippen molar-refractivity contribution in [1.29, 1.82) is 0 Å². The maximum Gasteiger partial charge on any atom is 0.123 e. The van der Waals surface area contributed by atoms with E-state index in [0.29, 0.717) is 5.70 Å². The van der Waals surface area contributed by atoms with Crippen LogP contribution in [0, 0.1) is 6.92 Å². The van der Waals surface area contributed by atoms with Gasteiger partial charge in [0.2, 0.25) is 0 Å². The molecule has 84 valence electrons. The highest BCUT2D eigenvalue weighted by atomic mass is 32.1. The van der Waals surface area contributed by atoms with Gasteiger partial charge in [0, 0.05) is 27.9 Å². The lowest BCUT2D eigenvalue weighted by Crippen LogP contribution is -2.00. The molecule has 0 atom stereocenters. The van der Waals surface area contributed by atoms with Crippen LogP contribution in [0.4, 0.5) is 0 Å². The van der Waals surface area contributed by atoms with Gasteiger partial charge < -0.3 is 5.73 Å². The number of hydrogen-bond donors (Lipinski definition) is 1. The molecule has 1 heterocycles. The fourth-order valence-corrected chi connectivity index (χ4v) is 2.25. The van der Waals surface area contributed by atoms with Crippen molar-refractivity contribution in [2.45, 2.75) is 13.8 Å². The van der Waals surface area contributed by atoms with Gasteiger partial charge in [-0.3, -0.25) is 0 Å². The molecule has 16 heavy (non-hydrogen) atoms. The average Bonchev–Trinajstić information content (AvgIpc) is 2.71. The van der Waals surface area contributed by atoms with Gasteiger partial charge in [0.1, 0.15) is 5.01 Å². The van der Waals surface area contributed by atoms with Gasteiger partial charge in [-0.05, 0) is 19.9 Å². The molecule has 0 bridgehead atoms. The average molecular weight is 232 g/mol. The summed E-state index contributed by atoms with van der Waals surface area (Å²) in [6.45, 7) is 11.4. The summed E-state index contributed by atoms with van der Waals surface area (Å²) in [5.74, 6) is 0. The van der Waals surface area contributed by atoms with Crippen LogP contribution in [0.15, 0.2) is 48.0 Å². The number of hydrogen-bond acceptors (Lipinski definition) is 3. The van der Waals surface area contributed by atoms with Crippen molar-refractivity contribution >= 4 is 16.9 Å². The van der Waals surface area contributed by atoms with Gasteiger partial charge in [-0.1, -0.05) is 25.3 Å². The zero-order valence-electron chi connectivity index (χ0n) is 9.66. The highest BCUT2D eigenvalue weighted by Gasteiger charge is 2.10. The molecule has 0 aliphatic heterocycles. The van der Waals surface area contributed by atoms with E-state index in [-0.39, 0.29) is 0 Å². The van der Waals surface area contributed by atoms with Gasteiger partial charge in [-0.15, -0.1) is 11.3 Å². The number of allylic oxidation sites excluding steroid dienone is 5. The van der Waals surface area contributed by atoms with Crippen LogP contribution in [-0.4, -0.2) is 4.98 Å². The molecule has 0 saturated heterocycles. The van der Waals surface area contributed by atoms with Crippen molar-refractivity contribution in [3.8, 4) is 0 Å². The van der Waals surface area contributed by atoms with Gasteiger partial charge >= 0.3 is 0 Å². The number of rotatable bonds is 4. The molecule has 0 aliphatic rings. The fraction of sp³-hybridized carbons (Fsp3) is 0.154. The normalized spacial score (nSPS) is 13.2. The lowest BCUT2D eigenvalue weighted by atomic mass is 10.0. The van der Waals surface area contributed by atoms with Gasteiger partial charge in [0.05, 0.1) is 0 Å². The minimum absolute atomic E-state index is 0.621. The largest absolute Gasteiger partial charge is 0.398 e. The van der Waals surface area contributed by atoms with E-state index in [2.05, 4.69) is 18.1 Å². The summed E-state index contributed by atoms with van der Waals surface area (Å²) >= 11 is 1.60. The maximum atomic E-state index is 5.87. The van der Waals surface area contributed by atoms with Gasteiger partial charge in [-0.25, -0.2) is 4.98 Å². The highest BCUT2D eigenvalue weighted by Crippen LogP contribution is 2.27. The summed E-state index contributed by atoms with van der Waals surface area (Å²) in [5.41, 5.74) is 9.40. The first-order valence-corrected chi connectivity index (χ1v) is 5.85. The number of nitrogens with two attached hydrogens (primary N) is 1. The molecule has 0 fully saturated rings. The lowest BCUT2D eigenvalue weighted by molar-refractivity contribution is 1.23. The lowest BCUT2D eigenvalue weighted by Gasteiger charge is -2.07. The van der Waals surface area contributed by atoms with E-state index >= 15 is 0 Å². The summed E-state index contributed by atoms with van der Waals surface area (Å²) in [6, 6.07) is 0. The summed E-state index contributed by atoms with van der Waals surface area (Å²) in [4.78, 5) is 4.45. The molecule has 0 aliphatic carbocycles. The Morgan fingerprint density at radius 1 is 1.44 bits per heavy atom. The first kappa shape index (κ1) is 12.5. The minimum atomic E-state index is 0.621. The van der Waals surface area contributed by atoms with E-state index < -0.39 is 0 Å². The topological polar surface area (TPSA) is 38.9 Å². The quantitative estimate of drug-likeness (QED) is 0.808. The summed E-state index contributed by atoms with van der Waals surface area (Å²) in [7, 11) is 0. The Bertz CT molecular complexity index is 464. The number of nitrogens with zero attached hydrogens (tertiary/aromatic N) is 1. The van der Waals surface area contributed by atoms with Gasteiger partial charge in [-0.2, -0.15) is 0 Å². The number of aromatic nitrogens is 1. The molecule has 2 nitrogen and oxygen atoms in total. The Hall–Kier alpha value is -1.61. The van der Waals surface area contributed by atoms with Crippen LogP contribution in [0.25, 0.3) is 5.57 Å². The van der Waals surface area contributed by atoms with Crippen LogP contribution < -0.4 is 5.73 Å². The predicted molar refractivity (Wildman–Crippen MR) is 72.1 cm³/mol. The summed E-state index contributed by atoms with van der Waals surface area (Å²) < 4.78 is 0. The summed E-state index contributed by atoms with van der Waals surface area (Å²) in [5, 5.41) is 2.98. The van der Waals surface area contributed by atoms with E-state index in [1.807, 2.05) is 25.3 Å². The Morgan fingerprint density at radius 3 is 2.50 bits per heavy atom. The van der Waals surface area contributed by atoms with E-state index in [9.17, 15) is 0 Å². The maximum absolute atomic E-state index is 5.87. The van der Waals surface area contributed by atoms with Gasteiger partial charge in [0.25, 0.3) is 0 Å². The highest BCUT2D eigenvalue weighted by molar-refractivity contribution is 7.10. The van der Waals surface area contributed by atoms with Gasteiger partial charge in [0.15, 0.2) is 0 Å². The van der Waals surface area contributed by atoms with E-state index in [1.165, 1.54) is 0 Å². The van der Waals surface area contributed by atoms with Crippen molar-refractivity contribution in [3.05, 3.63) is 58.7 Å². The van der Waals surface area contributed by atoms with Crippen LogP contribution in [0.2, 0.25) is 0 Å². The molecule has 1 aromatic rings. The molecule has 0 spiro atoms. The second kappa shape index (κ2) is 5.47. The number of thiazole rings is 1. The first-order valence-electron chi connectivity index (χ1n) is 4.97. The second-order valence-electron chi connectivity index (χ2n) is 3.27. The molecule has 0 unspecified atom stereocenters. The smallest absolute Gasteiger partial charge is 0.123 e. The Kier molecular flexibility index (Phi) is 4.26. The van der Waals surface area contributed by atoms with Crippen molar-refractivity contribution in [2.75, 3.05) is 0 Å². The number of aryl methyl sites for hydroxylation is 1. The van der Waals surface area contributed by atoms with Crippen molar-refractivity contribution in [1.82, 2.24) is 4.98 Å². The molecule has 0 amide bonds. The molecule has 1 aromatic heterocycles. The Morgan fingerprint density at radius 2 is 2.12 bits per heavy atom. The molecule has 0 saturated carbocycles. The zero-order chi connectivity index (χ0) is 12.1. The van der Waals surface area contributed by atoms with Crippen molar-refractivity contribution in [3.63, 3.8) is 0 Å². The molecule has 3 heteroatoms. The van der Waals surface area contributed by atoms with Crippen LogP contribution in [0.1, 0.15) is 17.6 Å². The first-order chi connectivity index (χ1) is 7.63. The van der Waals surface area contributed by atoms with E-state index in [1.54, 1.807) is 23.5 Å². The van der Waals surface area contributed by atoms with E-state index in [0.717, 1.165) is 21.8 Å². The molecular formula is C13H16N2S. The Balaban J connectivity index is 3.28. The SMILES string of the molecule is C=C/C(N)=C(C=C)/C(=C\C)c1nc(C)cs1. The minimum Gasteiger partial charge on any atom is -0.398 e. The predicted octanol–water partition coefficient (Wildman–Crippen LogP) is 3.44. The monoisotopic (exact) mass is 232 g/mol. The standard InChI is InChI=1S/C13H16N2S/c1-5-10(12(14)7-3)11(6-2)13-15-9(4)8-16-13/h5-8H,1,3,14H2,2,4H3/b11-6+,12-10-. The third-order valence-electron chi connectivity index (χ3n) is 2.16. The Labute approximate surface area is 101 Å². The fourth-order valence-electron chi connectivity index (χ4n) is 1.37. The third-order valence-corrected chi connectivity index (χ3v) is 3.16. The second-order valence-corrected chi connectivity index (χ2v) is 4.13. The molecular weight excluding hydrogens is 216 g/mol. The van der Waals surface area contributed by atoms with Crippen LogP contribution in [0.5, 0.6) is 0 Å². The molecule has 0 radical (unpaired) electrons. The van der Waals surface area contributed by atoms with Crippen LogP contribution >= 0.6 is 11.3 Å². The third kappa shape index (κ3) is 2.49. The molecule has 1 rings (SSSR count).